The summed E-state index contributed by atoms with van der Waals surface area (Å²) in [6.45, 7) is 0. The van der Waals surface area contributed by atoms with Gasteiger partial charge in [0.2, 0.25) is 0 Å². The van der Waals surface area contributed by atoms with E-state index >= 15 is 0 Å². The molecule has 0 atom stereocenters. The standard InChI is InChI=1S/C18H12.C9H6O2/c1-2-7-15-12-18-16(11-14(15)6-1)10-9-13-5-3-4-8-17(13)18;10-9-6-5-7-3-1-2-4-8(7)11-9/h1-12H;1-6H. The summed E-state index contributed by atoms with van der Waals surface area (Å²) in [5.74, 6) is 0. The van der Waals surface area contributed by atoms with Gasteiger partial charge in [-0.1, -0.05) is 78.9 Å². The smallest absolute Gasteiger partial charge is 0.336 e. The fourth-order valence-corrected chi connectivity index (χ4v) is 3.71. The number of fused-ring (bicyclic) bond motifs is 5. The average molecular weight is 374 g/mol. The highest BCUT2D eigenvalue weighted by Gasteiger charge is 2.01. The van der Waals surface area contributed by atoms with Crippen LogP contribution in [-0.2, 0) is 0 Å². The van der Waals surface area contributed by atoms with Crippen LogP contribution in [0.5, 0.6) is 0 Å². The van der Waals surface area contributed by atoms with Gasteiger partial charge in [-0.25, -0.2) is 4.79 Å². The molecule has 0 unspecified atom stereocenters. The Bertz CT molecular complexity index is 1520. The van der Waals surface area contributed by atoms with Gasteiger partial charge in [0, 0.05) is 11.5 Å². The summed E-state index contributed by atoms with van der Waals surface area (Å²) in [6.07, 6.45) is 0. The van der Waals surface area contributed by atoms with Crippen LogP contribution in [0.2, 0.25) is 0 Å². The summed E-state index contributed by atoms with van der Waals surface area (Å²) in [5, 5.41) is 8.86. The van der Waals surface area contributed by atoms with Crippen LogP contribution < -0.4 is 5.63 Å². The number of para-hydroxylation sites is 1. The van der Waals surface area contributed by atoms with Crippen LogP contribution >= 0.6 is 0 Å². The molecular formula is C27H18O2. The Morgan fingerprint density at radius 1 is 0.448 bits per heavy atom. The minimum absolute atomic E-state index is 0.302. The predicted molar refractivity (Wildman–Crippen MR) is 121 cm³/mol. The lowest BCUT2D eigenvalue weighted by atomic mass is 9.98. The van der Waals surface area contributed by atoms with Crippen molar-refractivity contribution in [2.75, 3.05) is 0 Å². The first-order valence-electron chi connectivity index (χ1n) is 9.57. The molecule has 6 aromatic rings. The van der Waals surface area contributed by atoms with Gasteiger partial charge in [0.05, 0.1) is 0 Å². The van der Waals surface area contributed by atoms with Crippen molar-refractivity contribution in [3.63, 3.8) is 0 Å². The maximum Gasteiger partial charge on any atom is 0.336 e. The van der Waals surface area contributed by atoms with Crippen molar-refractivity contribution in [3.8, 4) is 0 Å². The molecule has 1 aromatic heterocycles. The van der Waals surface area contributed by atoms with Crippen LogP contribution in [0.15, 0.2) is 118 Å². The minimum atomic E-state index is -0.302. The zero-order valence-electron chi connectivity index (χ0n) is 15.7. The highest BCUT2D eigenvalue weighted by molar-refractivity contribution is 6.11. The summed E-state index contributed by atoms with van der Waals surface area (Å²) in [7, 11) is 0. The first-order chi connectivity index (χ1) is 14.3. The maximum absolute atomic E-state index is 10.7. The van der Waals surface area contributed by atoms with E-state index in [1.165, 1.54) is 38.4 Å². The van der Waals surface area contributed by atoms with Gasteiger partial charge >= 0.3 is 5.63 Å². The molecule has 138 valence electrons. The van der Waals surface area contributed by atoms with E-state index in [0.29, 0.717) is 5.58 Å². The summed E-state index contributed by atoms with van der Waals surface area (Å²) >= 11 is 0. The van der Waals surface area contributed by atoms with Crippen LogP contribution in [0, 0.1) is 0 Å². The molecule has 0 saturated carbocycles. The molecule has 1 heterocycles. The van der Waals surface area contributed by atoms with Gasteiger partial charge in [-0.3, -0.25) is 0 Å². The van der Waals surface area contributed by atoms with Crippen LogP contribution in [0.1, 0.15) is 0 Å². The van der Waals surface area contributed by atoms with Crippen LogP contribution in [-0.4, -0.2) is 0 Å². The molecule has 0 amide bonds. The fraction of sp³-hybridized carbons (Fsp3) is 0. The second kappa shape index (κ2) is 7.25. The fourth-order valence-electron chi connectivity index (χ4n) is 3.71. The molecule has 29 heavy (non-hydrogen) atoms. The van der Waals surface area contributed by atoms with Crippen LogP contribution in [0.4, 0.5) is 0 Å². The highest BCUT2D eigenvalue weighted by Crippen LogP contribution is 2.29. The zero-order valence-corrected chi connectivity index (χ0v) is 15.7. The Labute approximate surface area is 167 Å². The van der Waals surface area contributed by atoms with Crippen LogP contribution in [0.3, 0.4) is 0 Å². The van der Waals surface area contributed by atoms with Gasteiger partial charge < -0.3 is 4.42 Å². The molecule has 0 saturated heterocycles. The normalized spacial score (nSPS) is 10.9. The first kappa shape index (κ1) is 17.2. The Kier molecular flexibility index (Phi) is 4.30. The summed E-state index contributed by atoms with van der Waals surface area (Å²) in [6, 6.07) is 36.7. The molecule has 6 rings (SSSR count). The van der Waals surface area contributed by atoms with E-state index in [9.17, 15) is 4.79 Å². The van der Waals surface area contributed by atoms with Gasteiger partial charge in [-0.05, 0) is 56.6 Å². The second-order valence-corrected chi connectivity index (χ2v) is 7.00. The van der Waals surface area contributed by atoms with Crippen molar-refractivity contribution < 1.29 is 4.42 Å². The molecule has 0 aliphatic rings. The third kappa shape index (κ3) is 3.37. The topological polar surface area (TPSA) is 30.2 Å². The molecule has 0 bridgehead atoms. The number of hydrogen-bond acceptors (Lipinski definition) is 2. The molecule has 5 aromatic carbocycles. The summed E-state index contributed by atoms with van der Waals surface area (Å²) in [4.78, 5) is 10.7. The Balaban J connectivity index is 0.000000142. The lowest BCUT2D eigenvalue weighted by Crippen LogP contribution is -1.93. The highest BCUT2D eigenvalue weighted by atomic mass is 16.4. The zero-order chi connectivity index (χ0) is 19.6. The summed E-state index contributed by atoms with van der Waals surface area (Å²) < 4.78 is 4.91. The number of hydrogen-bond donors (Lipinski definition) is 0. The SMILES string of the molecule is O=c1ccc2ccccc2o1.c1ccc2cc3c(ccc4ccccc43)cc2c1. The van der Waals surface area contributed by atoms with Crippen molar-refractivity contribution in [3.05, 3.63) is 120 Å². The van der Waals surface area contributed by atoms with Crippen molar-refractivity contribution in [2.45, 2.75) is 0 Å². The van der Waals surface area contributed by atoms with E-state index in [1.807, 2.05) is 18.2 Å². The molecule has 0 spiro atoms. The molecule has 2 heteroatoms. The lowest BCUT2D eigenvalue weighted by Gasteiger charge is -2.06. The van der Waals surface area contributed by atoms with Gasteiger partial charge in [0.1, 0.15) is 5.58 Å². The molecule has 0 radical (unpaired) electrons. The predicted octanol–water partition coefficient (Wildman–Crippen LogP) is 6.94. The lowest BCUT2D eigenvalue weighted by molar-refractivity contribution is 0.561. The first-order valence-corrected chi connectivity index (χ1v) is 9.57. The molecule has 0 aliphatic carbocycles. The van der Waals surface area contributed by atoms with Crippen molar-refractivity contribution in [1.29, 1.82) is 0 Å². The Morgan fingerprint density at radius 2 is 1.03 bits per heavy atom. The third-order valence-corrected chi connectivity index (χ3v) is 5.14. The van der Waals surface area contributed by atoms with E-state index < -0.39 is 0 Å². The molecule has 0 fully saturated rings. The monoisotopic (exact) mass is 374 g/mol. The van der Waals surface area contributed by atoms with Gasteiger partial charge in [0.15, 0.2) is 0 Å². The van der Waals surface area contributed by atoms with Gasteiger partial charge in [0.25, 0.3) is 0 Å². The third-order valence-electron chi connectivity index (χ3n) is 5.14. The van der Waals surface area contributed by atoms with E-state index in [4.69, 9.17) is 4.42 Å². The molecular weight excluding hydrogens is 356 g/mol. The largest absolute Gasteiger partial charge is 0.423 e. The minimum Gasteiger partial charge on any atom is -0.423 e. The molecule has 2 nitrogen and oxygen atoms in total. The van der Waals surface area contributed by atoms with E-state index in [-0.39, 0.29) is 5.63 Å². The molecule has 0 aliphatic heterocycles. The van der Waals surface area contributed by atoms with E-state index in [1.54, 1.807) is 12.1 Å². The second-order valence-electron chi connectivity index (χ2n) is 7.00. The van der Waals surface area contributed by atoms with Gasteiger partial charge in [-0.15, -0.1) is 0 Å². The van der Waals surface area contributed by atoms with Crippen molar-refractivity contribution in [2.24, 2.45) is 0 Å². The number of benzene rings is 5. The maximum atomic E-state index is 10.7. The van der Waals surface area contributed by atoms with E-state index in [2.05, 4.69) is 72.8 Å². The van der Waals surface area contributed by atoms with Gasteiger partial charge in [-0.2, -0.15) is 0 Å². The molecule has 0 N–H and O–H groups in total. The van der Waals surface area contributed by atoms with Crippen molar-refractivity contribution >= 4 is 43.3 Å². The number of rotatable bonds is 0. The van der Waals surface area contributed by atoms with Crippen LogP contribution in [0.25, 0.3) is 43.3 Å². The quantitative estimate of drug-likeness (QED) is 0.164. The summed E-state index contributed by atoms with van der Waals surface area (Å²) in [5.41, 5.74) is 0.337. The Morgan fingerprint density at radius 3 is 1.86 bits per heavy atom. The average Bonchev–Trinajstić information content (AvgIpc) is 2.78. The van der Waals surface area contributed by atoms with Crippen molar-refractivity contribution in [1.82, 2.24) is 0 Å². The Hall–Kier alpha value is -3.91. The van der Waals surface area contributed by atoms with E-state index in [0.717, 1.165) is 5.39 Å².